The first-order valence-corrected chi connectivity index (χ1v) is 7.70. The van der Waals surface area contributed by atoms with Gasteiger partial charge in [-0.2, -0.15) is 13.2 Å². The molecule has 1 fully saturated rings. The number of amides is 1. The van der Waals surface area contributed by atoms with Crippen molar-refractivity contribution < 1.29 is 18.0 Å². The Morgan fingerprint density at radius 1 is 1.30 bits per heavy atom. The van der Waals surface area contributed by atoms with Crippen molar-refractivity contribution >= 4 is 17.5 Å². The van der Waals surface area contributed by atoms with Crippen molar-refractivity contribution in [2.45, 2.75) is 33.0 Å². The van der Waals surface area contributed by atoms with Gasteiger partial charge in [0.15, 0.2) is 0 Å². The highest BCUT2D eigenvalue weighted by molar-refractivity contribution is 6.30. The van der Waals surface area contributed by atoms with Crippen LogP contribution in [0.5, 0.6) is 0 Å². The molecule has 1 aromatic rings. The van der Waals surface area contributed by atoms with Crippen molar-refractivity contribution in [1.82, 2.24) is 9.47 Å². The Balaban J connectivity index is 2.24. The lowest BCUT2D eigenvalue weighted by atomic mass is 9.92. The lowest BCUT2D eigenvalue weighted by Gasteiger charge is -2.35. The van der Waals surface area contributed by atoms with Gasteiger partial charge in [-0.3, -0.25) is 9.59 Å². The minimum atomic E-state index is -4.63. The van der Waals surface area contributed by atoms with Gasteiger partial charge in [-0.1, -0.05) is 25.4 Å². The molecule has 1 aromatic heterocycles. The van der Waals surface area contributed by atoms with Crippen LogP contribution in [0.15, 0.2) is 17.1 Å². The Morgan fingerprint density at radius 3 is 2.39 bits per heavy atom. The molecule has 4 nitrogen and oxygen atoms in total. The van der Waals surface area contributed by atoms with E-state index < -0.39 is 28.9 Å². The molecule has 2 atom stereocenters. The molecular formula is C15H18ClF3N2O2. The monoisotopic (exact) mass is 350 g/mol. The maximum atomic E-state index is 12.8. The number of halogens is 4. The van der Waals surface area contributed by atoms with E-state index >= 15 is 0 Å². The normalized spacial score (nSPS) is 22.3. The van der Waals surface area contributed by atoms with Crippen LogP contribution in [0.3, 0.4) is 0 Å². The average Bonchev–Trinajstić information content (AvgIpc) is 2.41. The first kappa shape index (κ1) is 17.8. The zero-order valence-electron chi connectivity index (χ0n) is 12.9. The third-order valence-corrected chi connectivity index (χ3v) is 4.17. The highest BCUT2D eigenvalue weighted by Gasteiger charge is 2.32. The number of pyridine rings is 1. The smallest absolute Gasteiger partial charge is 0.341 e. The molecule has 0 bridgehead atoms. The molecule has 0 unspecified atom stereocenters. The van der Waals surface area contributed by atoms with Crippen LogP contribution in [0.25, 0.3) is 0 Å². The third kappa shape index (κ3) is 4.28. The number of nitrogens with zero attached hydrogens (tertiary/aromatic N) is 2. The van der Waals surface area contributed by atoms with Gasteiger partial charge in [0.2, 0.25) is 5.91 Å². The summed E-state index contributed by atoms with van der Waals surface area (Å²) >= 11 is 5.58. The van der Waals surface area contributed by atoms with Crippen LogP contribution in [0.2, 0.25) is 5.02 Å². The third-order valence-electron chi connectivity index (χ3n) is 3.90. The Labute approximate surface area is 136 Å². The molecule has 1 saturated heterocycles. The van der Waals surface area contributed by atoms with Gasteiger partial charge in [-0.25, -0.2) is 0 Å². The summed E-state index contributed by atoms with van der Waals surface area (Å²) in [5.41, 5.74) is -1.85. The fourth-order valence-corrected chi connectivity index (χ4v) is 3.21. The van der Waals surface area contributed by atoms with Gasteiger partial charge in [0.25, 0.3) is 5.56 Å². The van der Waals surface area contributed by atoms with Crippen molar-refractivity contribution in [2.24, 2.45) is 11.8 Å². The molecule has 1 amide bonds. The van der Waals surface area contributed by atoms with E-state index in [9.17, 15) is 22.8 Å². The molecule has 128 valence electrons. The van der Waals surface area contributed by atoms with E-state index in [1.807, 2.05) is 13.8 Å². The summed E-state index contributed by atoms with van der Waals surface area (Å²) in [6.07, 6.45) is -2.99. The quantitative estimate of drug-likeness (QED) is 0.822. The second-order valence-electron chi connectivity index (χ2n) is 6.25. The fourth-order valence-electron chi connectivity index (χ4n) is 2.98. The molecule has 23 heavy (non-hydrogen) atoms. The van der Waals surface area contributed by atoms with E-state index in [0.717, 1.165) is 11.0 Å². The van der Waals surface area contributed by atoms with Crippen LogP contribution >= 0.6 is 11.6 Å². The topological polar surface area (TPSA) is 42.3 Å². The van der Waals surface area contributed by atoms with Crippen LogP contribution in [0.4, 0.5) is 13.2 Å². The van der Waals surface area contributed by atoms with Gasteiger partial charge in [0, 0.05) is 19.3 Å². The summed E-state index contributed by atoms with van der Waals surface area (Å²) in [5, 5.41) is -0.548. The highest BCUT2D eigenvalue weighted by Crippen LogP contribution is 2.29. The summed E-state index contributed by atoms with van der Waals surface area (Å²) in [7, 11) is 0. The maximum Gasteiger partial charge on any atom is 0.417 e. The lowest BCUT2D eigenvalue weighted by molar-refractivity contribution is -0.139. The van der Waals surface area contributed by atoms with Gasteiger partial charge in [0.05, 0.1) is 5.56 Å². The maximum absolute atomic E-state index is 12.8. The lowest BCUT2D eigenvalue weighted by Crippen LogP contribution is -2.45. The van der Waals surface area contributed by atoms with Crippen LogP contribution in [0, 0.1) is 11.8 Å². The number of carbonyl (C=O) groups excluding carboxylic acids is 1. The number of alkyl halides is 3. The number of piperidine rings is 1. The van der Waals surface area contributed by atoms with Gasteiger partial charge in [0.1, 0.15) is 11.6 Å². The zero-order chi connectivity index (χ0) is 17.4. The molecule has 0 aromatic carbocycles. The van der Waals surface area contributed by atoms with Crippen molar-refractivity contribution in [1.29, 1.82) is 0 Å². The van der Waals surface area contributed by atoms with Crippen LogP contribution in [-0.4, -0.2) is 28.5 Å². The standard InChI is InChI=1S/C15H18ClF3N2O2/c1-9-3-10(2)6-20(5-9)13(22)8-21-7-11(15(17,18)19)4-12(16)14(21)23/h4,7,9-10H,3,5-6,8H2,1-2H3/t9-,10+. The SMILES string of the molecule is C[C@@H]1C[C@H](C)CN(C(=O)Cn2cc(C(F)(F)F)cc(Cl)c2=O)C1. The summed E-state index contributed by atoms with van der Waals surface area (Å²) in [4.78, 5) is 25.8. The predicted molar refractivity (Wildman–Crippen MR) is 80.2 cm³/mol. The van der Waals surface area contributed by atoms with E-state index in [-0.39, 0.29) is 5.91 Å². The minimum absolute atomic E-state index is 0.324. The molecule has 0 N–H and O–H groups in total. The Kier molecular flexibility index (Phi) is 5.08. The van der Waals surface area contributed by atoms with E-state index in [4.69, 9.17) is 11.6 Å². The summed E-state index contributed by atoms with van der Waals surface area (Å²) in [6, 6.07) is 0.579. The van der Waals surface area contributed by atoms with Crippen molar-refractivity contribution in [3.05, 3.63) is 33.2 Å². The number of aromatic nitrogens is 1. The van der Waals surface area contributed by atoms with E-state index in [0.29, 0.717) is 37.2 Å². The van der Waals surface area contributed by atoms with E-state index in [1.165, 1.54) is 0 Å². The Hall–Kier alpha value is -1.50. The van der Waals surface area contributed by atoms with Gasteiger partial charge in [-0.15, -0.1) is 0 Å². The molecule has 0 aliphatic carbocycles. The largest absolute Gasteiger partial charge is 0.417 e. The molecule has 1 aliphatic rings. The van der Waals surface area contributed by atoms with Crippen LogP contribution in [-0.2, 0) is 17.5 Å². The molecule has 2 rings (SSSR count). The molecule has 0 spiro atoms. The molecule has 2 heterocycles. The van der Waals surface area contributed by atoms with E-state index in [1.54, 1.807) is 4.90 Å². The number of likely N-dealkylation sites (tertiary alicyclic amines) is 1. The molecule has 0 radical (unpaired) electrons. The highest BCUT2D eigenvalue weighted by atomic mass is 35.5. The van der Waals surface area contributed by atoms with Gasteiger partial charge < -0.3 is 9.47 Å². The number of rotatable bonds is 2. The second kappa shape index (κ2) is 6.55. The summed E-state index contributed by atoms with van der Waals surface area (Å²) < 4.78 is 39.1. The minimum Gasteiger partial charge on any atom is -0.341 e. The van der Waals surface area contributed by atoms with Crippen molar-refractivity contribution in [3.8, 4) is 0 Å². The Morgan fingerprint density at radius 2 is 1.87 bits per heavy atom. The number of hydrogen-bond acceptors (Lipinski definition) is 2. The van der Waals surface area contributed by atoms with Gasteiger partial charge in [-0.05, 0) is 24.3 Å². The fraction of sp³-hybridized carbons (Fsp3) is 0.600. The first-order chi connectivity index (χ1) is 10.6. The predicted octanol–water partition coefficient (Wildman–Crippen LogP) is 3.03. The van der Waals surface area contributed by atoms with E-state index in [2.05, 4.69) is 0 Å². The average molecular weight is 351 g/mol. The Bertz CT molecular complexity index is 647. The second-order valence-corrected chi connectivity index (χ2v) is 6.66. The first-order valence-electron chi connectivity index (χ1n) is 7.33. The van der Waals surface area contributed by atoms with Crippen LogP contribution in [0.1, 0.15) is 25.8 Å². The molecule has 1 aliphatic heterocycles. The van der Waals surface area contributed by atoms with Crippen LogP contribution < -0.4 is 5.56 Å². The zero-order valence-corrected chi connectivity index (χ0v) is 13.6. The van der Waals surface area contributed by atoms with Crippen molar-refractivity contribution in [2.75, 3.05) is 13.1 Å². The molecular weight excluding hydrogens is 333 g/mol. The summed E-state index contributed by atoms with van der Waals surface area (Å²) in [5.74, 6) is 0.273. The molecule has 0 saturated carbocycles. The van der Waals surface area contributed by atoms with Gasteiger partial charge >= 0.3 is 6.18 Å². The van der Waals surface area contributed by atoms with Crippen molar-refractivity contribution in [3.63, 3.8) is 0 Å². The summed E-state index contributed by atoms with van der Waals surface area (Å²) in [6.45, 7) is 4.68. The molecule has 8 heteroatoms. The number of hydrogen-bond donors (Lipinski definition) is 0. The number of carbonyl (C=O) groups is 1.